The van der Waals surface area contributed by atoms with Crippen molar-refractivity contribution in [2.24, 2.45) is 5.16 Å². The van der Waals surface area contributed by atoms with Gasteiger partial charge in [0.05, 0.1) is 6.21 Å². The first-order valence-electron chi connectivity index (χ1n) is 3.13. The molecule has 0 spiro atoms. The first-order valence-corrected chi connectivity index (χ1v) is 3.13. The van der Waals surface area contributed by atoms with E-state index in [1.807, 2.05) is 6.08 Å². The van der Waals surface area contributed by atoms with Crippen molar-refractivity contribution in [1.82, 2.24) is 0 Å². The van der Waals surface area contributed by atoms with Crippen molar-refractivity contribution < 1.29 is 4.84 Å². The molecule has 0 amide bonds. The molecule has 0 heterocycles. The Kier molecular flexibility index (Phi) is 6.58. The zero-order valence-corrected chi connectivity index (χ0v) is 6.00. The highest BCUT2D eigenvalue weighted by molar-refractivity contribution is 5.70. The molecule has 0 atom stereocenters. The number of allylic oxidation sites excluding steroid dienone is 2. The third kappa shape index (κ3) is 7.21. The smallest absolute Gasteiger partial charge is 0.106 e. The number of rotatable bonds is 4. The number of nitrogens with zero attached hydrogens (tertiary/aromatic N) is 1. The summed E-state index contributed by atoms with van der Waals surface area (Å²) in [5, 5.41) is 3.53. The molecule has 2 nitrogen and oxygen atoms in total. The van der Waals surface area contributed by atoms with Crippen molar-refractivity contribution in [3.63, 3.8) is 0 Å². The van der Waals surface area contributed by atoms with Gasteiger partial charge in [0, 0.05) is 0 Å². The molecule has 0 rings (SSSR count). The molecule has 0 radical (unpaired) electrons. The fourth-order valence-corrected chi connectivity index (χ4v) is 0.420. The van der Waals surface area contributed by atoms with Gasteiger partial charge >= 0.3 is 0 Å². The van der Waals surface area contributed by atoms with Crippen molar-refractivity contribution in [3.8, 4) is 0 Å². The minimum absolute atomic E-state index is 1.11. The van der Waals surface area contributed by atoms with Crippen molar-refractivity contribution in [1.29, 1.82) is 0 Å². The maximum absolute atomic E-state index is 4.44. The summed E-state index contributed by atoms with van der Waals surface area (Å²) >= 11 is 0. The van der Waals surface area contributed by atoms with E-state index in [1.165, 1.54) is 13.5 Å². The lowest BCUT2D eigenvalue weighted by Crippen LogP contribution is -1.68. The Morgan fingerprint density at radius 2 is 2.33 bits per heavy atom. The quantitative estimate of drug-likeness (QED) is 0.418. The lowest BCUT2D eigenvalue weighted by atomic mass is 10.3. The lowest BCUT2D eigenvalue weighted by molar-refractivity contribution is 0.215. The van der Waals surface area contributed by atoms with Crippen LogP contribution in [0.5, 0.6) is 0 Å². The van der Waals surface area contributed by atoms with Crippen LogP contribution < -0.4 is 0 Å². The molecular weight excluding hydrogens is 114 g/mol. The van der Waals surface area contributed by atoms with E-state index in [9.17, 15) is 0 Å². The number of hydrogen-bond acceptors (Lipinski definition) is 2. The second-order valence-corrected chi connectivity index (χ2v) is 1.65. The van der Waals surface area contributed by atoms with Crippen LogP contribution in [0.15, 0.2) is 17.3 Å². The van der Waals surface area contributed by atoms with Crippen LogP contribution in [-0.2, 0) is 4.84 Å². The van der Waals surface area contributed by atoms with Crippen LogP contribution in [0.1, 0.15) is 19.8 Å². The van der Waals surface area contributed by atoms with Gasteiger partial charge in [-0.05, 0) is 12.5 Å². The van der Waals surface area contributed by atoms with E-state index in [-0.39, 0.29) is 0 Å². The second-order valence-electron chi connectivity index (χ2n) is 1.65. The van der Waals surface area contributed by atoms with Crippen LogP contribution >= 0.6 is 0 Å². The van der Waals surface area contributed by atoms with Gasteiger partial charge in [-0.2, -0.15) is 0 Å². The van der Waals surface area contributed by atoms with Gasteiger partial charge in [-0.3, -0.25) is 0 Å². The number of hydrogen-bond donors (Lipinski definition) is 0. The molecular formula is C7H13NO. The monoisotopic (exact) mass is 127 g/mol. The normalized spacial score (nSPS) is 11.3. The largest absolute Gasteiger partial charge is 0.399 e. The van der Waals surface area contributed by atoms with Crippen LogP contribution in [0.25, 0.3) is 0 Å². The Morgan fingerprint density at radius 3 is 2.89 bits per heavy atom. The molecule has 52 valence electrons. The molecule has 0 aromatic rings. The fourth-order valence-electron chi connectivity index (χ4n) is 0.420. The molecule has 0 unspecified atom stereocenters. The van der Waals surface area contributed by atoms with E-state index < -0.39 is 0 Å². The van der Waals surface area contributed by atoms with E-state index >= 15 is 0 Å². The van der Waals surface area contributed by atoms with Crippen LogP contribution in [0.2, 0.25) is 0 Å². The Hall–Kier alpha value is -0.790. The van der Waals surface area contributed by atoms with Crippen molar-refractivity contribution in [3.05, 3.63) is 12.2 Å². The van der Waals surface area contributed by atoms with Crippen LogP contribution in [0.3, 0.4) is 0 Å². The van der Waals surface area contributed by atoms with E-state index in [1.54, 1.807) is 6.21 Å². The Morgan fingerprint density at radius 1 is 1.56 bits per heavy atom. The third-order valence-electron chi connectivity index (χ3n) is 0.844. The molecule has 0 saturated carbocycles. The molecule has 0 bridgehead atoms. The molecule has 0 saturated heterocycles. The van der Waals surface area contributed by atoms with Gasteiger partial charge in [0.15, 0.2) is 0 Å². The fraction of sp³-hybridized carbons (Fsp3) is 0.571. The number of unbranched alkanes of at least 4 members (excludes halogenated alkanes) is 1. The average molecular weight is 127 g/mol. The molecule has 0 fully saturated rings. The molecule has 0 N–H and O–H groups in total. The summed E-state index contributed by atoms with van der Waals surface area (Å²) in [5.74, 6) is 0. The number of oxime groups is 1. The van der Waals surface area contributed by atoms with Crippen molar-refractivity contribution in [2.45, 2.75) is 19.8 Å². The van der Waals surface area contributed by atoms with E-state index in [4.69, 9.17) is 0 Å². The van der Waals surface area contributed by atoms with Gasteiger partial charge in [0.25, 0.3) is 0 Å². The average Bonchev–Trinajstić information content (AvgIpc) is 1.89. The summed E-state index contributed by atoms with van der Waals surface area (Å²) in [4.78, 5) is 4.44. The highest BCUT2D eigenvalue weighted by Crippen LogP contribution is 1.85. The van der Waals surface area contributed by atoms with Crippen LogP contribution in [-0.4, -0.2) is 13.3 Å². The van der Waals surface area contributed by atoms with E-state index in [0.717, 1.165) is 6.42 Å². The summed E-state index contributed by atoms with van der Waals surface area (Å²) in [6.07, 6.45) is 7.86. The van der Waals surface area contributed by atoms with E-state index in [0.29, 0.717) is 0 Å². The molecule has 0 aromatic heterocycles. The molecule has 0 aliphatic rings. The van der Waals surface area contributed by atoms with Gasteiger partial charge in [0.1, 0.15) is 7.11 Å². The first kappa shape index (κ1) is 8.21. The molecule has 9 heavy (non-hydrogen) atoms. The molecule has 0 aliphatic carbocycles. The zero-order chi connectivity index (χ0) is 6.95. The summed E-state index contributed by atoms with van der Waals surface area (Å²) in [6.45, 7) is 2.14. The molecule has 0 aromatic carbocycles. The third-order valence-corrected chi connectivity index (χ3v) is 0.844. The minimum atomic E-state index is 1.11. The van der Waals surface area contributed by atoms with Gasteiger partial charge in [-0.1, -0.05) is 24.6 Å². The van der Waals surface area contributed by atoms with Crippen LogP contribution in [0, 0.1) is 0 Å². The summed E-state index contributed by atoms with van der Waals surface area (Å²) < 4.78 is 0. The topological polar surface area (TPSA) is 21.6 Å². The summed E-state index contributed by atoms with van der Waals surface area (Å²) in [5.41, 5.74) is 0. The maximum Gasteiger partial charge on any atom is 0.106 e. The first-order chi connectivity index (χ1) is 4.41. The van der Waals surface area contributed by atoms with E-state index in [2.05, 4.69) is 23.0 Å². The Balaban J connectivity index is 3.13. The molecule has 0 aliphatic heterocycles. The van der Waals surface area contributed by atoms with Gasteiger partial charge < -0.3 is 4.84 Å². The summed E-state index contributed by atoms with van der Waals surface area (Å²) in [7, 11) is 1.53. The Bertz CT molecular complexity index is 97.1. The lowest BCUT2D eigenvalue weighted by Gasteiger charge is -1.81. The minimum Gasteiger partial charge on any atom is -0.399 e. The predicted octanol–water partition coefficient (Wildman–Crippen LogP) is 1.97. The van der Waals surface area contributed by atoms with Gasteiger partial charge in [0.2, 0.25) is 0 Å². The maximum atomic E-state index is 4.44. The highest BCUT2D eigenvalue weighted by atomic mass is 16.6. The zero-order valence-electron chi connectivity index (χ0n) is 6.00. The summed E-state index contributed by atoms with van der Waals surface area (Å²) in [6, 6.07) is 0. The van der Waals surface area contributed by atoms with Crippen molar-refractivity contribution >= 4 is 6.21 Å². The van der Waals surface area contributed by atoms with Gasteiger partial charge in [-0.25, -0.2) is 0 Å². The van der Waals surface area contributed by atoms with Crippen LogP contribution in [0.4, 0.5) is 0 Å². The SMILES string of the molecule is CCC/C=C/C=N/OC. The molecule has 2 heteroatoms. The second kappa shape index (κ2) is 7.21. The standard InChI is InChI=1S/C7H13NO/c1-3-4-5-6-7-8-9-2/h5-7H,3-4H2,1-2H3/b6-5+,8-7+. The van der Waals surface area contributed by atoms with Crippen molar-refractivity contribution in [2.75, 3.05) is 7.11 Å². The Labute approximate surface area is 56.2 Å². The predicted molar refractivity (Wildman–Crippen MR) is 39.5 cm³/mol. The van der Waals surface area contributed by atoms with Gasteiger partial charge in [-0.15, -0.1) is 0 Å². The highest BCUT2D eigenvalue weighted by Gasteiger charge is 1.68.